The number of aromatic nitrogens is 3. The van der Waals surface area contributed by atoms with E-state index in [1.807, 2.05) is 60.1 Å². The van der Waals surface area contributed by atoms with Crippen molar-refractivity contribution in [3.63, 3.8) is 0 Å². The molecule has 0 amide bonds. The molecule has 2 aromatic heterocycles. The Bertz CT molecular complexity index is 1780. The SMILES string of the molecule is Cn1cncc1[C@]1(N)c2ccc(C#N)c(c2)OCc2cccc(c2)-c2cc(=O)n(C)c3ccc1cc23. The number of nitriles is 1. The molecular formula is C29H23N5O2. The summed E-state index contributed by atoms with van der Waals surface area (Å²) in [5.41, 5.74) is 12.4. The summed E-state index contributed by atoms with van der Waals surface area (Å²) < 4.78 is 9.71. The molecule has 5 aromatic rings. The first-order chi connectivity index (χ1) is 17.4. The second-order valence-corrected chi connectivity index (χ2v) is 9.20. The highest BCUT2D eigenvalue weighted by Crippen LogP contribution is 2.39. The van der Waals surface area contributed by atoms with Crippen molar-refractivity contribution >= 4 is 10.9 Å². The molecule has 0 radical (unpaired) electrons. The molecule has 36 heavy (non-hydrogen) atoms. The highest BCUT2D eigenvalue weighted by atomic mass is 16.5. The molecular weight excluding hydrogens is 450 g/mol. The van der Waals surface area contributed by atoms with Crippen LogP contribution in [0.5, 0.6) is 5.75 Å². The maximum absolute atomic E-state index is 12.9. The van der Waals surface area contributed by atoms with E-state index in [-0.39, 0.29) is 12.2 Å². The standard InChI is InChI=1S/C29H23N5O2/c1-33-17-32-15-27(33)29(31)21-8-9-25-24(11-21)23(13-28(35)34(25)2)19-5-3-4-18(10-19)16-36-26-12-22(29)7-6-20(26)14-30/h3-13,15,17H,16,31H2,1-2H3/t29-/m1/s1. The van der Waals surface area contributed by atoms with Gasteiger partial charge in [-0.25, -0.2) is 4.98 Å². The zero-order chi connectivity index (χ0) is 25.0. The second-order valence-electron chi connectivity index (χ2n) is 9.20. The first kappa shape index (κ1) is 21.8. The van der Waals surface area contributed by atoms with Crippen LogP contribution in [0.15, 0.2) is 84.0 Å². The summed E-state index contributed by atoms with van der Waals surface area (Å²) in [6, 6.07) is 23.2. The number of hydrogen-bond donors (Lipinski definition) is 1. The van der Waals surface area contributed by atoms with Gasteiger partial charge in [0.25, 0.3) is 5.56 Å². The van der Waals surface area contributed by atoms with Crippen molar-refractivity contribution in [2.75, 3.05) is 0 Å². The van der Waals surface area contributed by atoms with Crippen LogP contribution in [0.4, 0.5) is 0 Å². The van der Waals surface area contributed by atoms with E-state index in [0.29, 0.717) is 11.3 Å². The number of fused-ring (bicyclic) bond motifs is 6. The first-order valence-electron chi connectivity index (χ1n) is 11.6. The molecule has 7 nitrogen and oxygen atoms in total. The van der Waals surface area contributed by atoms with Gasteiger partial charge in [-0.2, -0.15) is 5.26 Å². The lowest BCUT2D eigenvalue weighted by atomic mass is 9.79. The Morgan fingerprint density at radius 3 is 2.64 bits per heavy atom. The van der Waals surface area contributed by atoms with Gasteiger partial charge in [-0.15, -0.1) is 0 Å². The van der Waals surface area contributed by atoms with Crippen molar-refractivity contribution in [3.05, 3.63) is 118 Å². The summed E-state index contributed by atoms with van der Waals surface area (Å²) in [5.74, 6) is 0.462. The fraction of sp³-hybridized carbons (Fsp3) is 0.138. The average Bonchev–Trinajstić information content (AvgIpc) is 3.34. The van der Waals surface area contributed by atoms with E-state index in [0.717, 1.165) is 44.4 Å². The molecule has 7 heteroatoms. The Hall–Kier alpha value is -4.67. The number of benzene rings is 3. The number of nitrogens with zero attached hydrogens (tertiary/aromatic N) is 4. The minimum Gasteiger partial charge on any atom is -0.488 e. The third kappa shape index (κ3) is 3.16. The van der Waals surface area contributed by atoms with E-state index < -0.39 is 5.54 Å². The van der Waals surface area contributed by atoms with Crippen molar-refractivity contribution < 1.29 is 4.74 Å². The van der Waals surface area contributed by atoms with E-state index in [9.17, 15) is 10.1 Å². The minimum absolute atomic E-state index is 0.0906. The Kier molecular flexibility index (Phi) is 4.82. The lowest BCUT2D eigenvalue weighted by Gasteiger charge is -2.32. The molecule has 0 saturated heterocycles. The number of nitrogens with two attached hydrogens (primary N) is 1. The lowest BCUT2D eigenvalue weighted by molar-refractivity contribution is 0.304. The van der Waals surface area contributed by atoms with Crippen LogP contribution in [0.2, 0.25) is 0 Å². The number of rotatable bonds is 1. The van der Waals surface area contributed by atoms with Crippen molar-refractivity contribution in [1.82, 2.24) is 14.1 Å². The van der Waals surface area contributed by atoms with Crippen LogP contribution in [0, 0.1) is 11.3 Å². The van der Waals surface area contributed by atoms with Crippen LogP contribution in [-0.2, 0) is 26.2 Å². The van der Waals surface area contributed by atoms with Crippen molar-refractivity contribution in [2.24, 2.45) is 19.8 Å². The van der Waals surface area contributed by atoms with Gasteiger partial charge >= 0.3 is 0 Å². The molecule has 1 aliphatic heterocycles. The Labute approximate surface area is 207 Å². The molecule has 1 aliphatic rings. The zero-order valence-electron chi connectivity index (χ0n) is 19.9. The highest BCUT2D eigenvalue weighted by molar-refractivity contribution is 5.95. The van der Waals surface area contributed by atoms with Crippen LogP contribution in [0.3, 0.4) is 0 Å². The zero-order valence-corrected chi connectivity index (χ0v) is 19.9. The van der Waals surface area contributed by atoms with Gasteiger partial charge in [0.05, 0.1) is 29.3 Å². The van der Waals surface area contributed by atoms with E-state index in [2.05, 4.69) is 17.1 Å². The maximum Gasteiger partial charge on any atom is 0.251 e. The van der Waals surface area contributed by atoms with Crippen LogP contribution < -0.4 is 16.0 Å². The van der Waals surface area contributed by atoms with Crippen LogP contribution in [0.25, 0.3) is 22.0 Å². The smallest absolute Gasteiger partial charge is 0.251 e. The summed E-state index contributed by atoms with van der Waals surface area (Å²) >= 11 is 0. The summed E-state index contributed by atoms with van der Waals surface area (Å²) in [5, 5.41) is 10.7. The summed E-state index contributed by atoms with van der Waals surface area (Å²) in [6.45, 7) is 0.265. The van der Waals surface area contributed by atoms with Gasteiger partial charge in [0, 0.05) is 25.5 Å². The molecule has 3 aromatic carbocycles. The van der Waals surface area contributed by atoms with Gasteiger partial charge in [0.2, 0.25) is 0 Å². The summed E-state index contributed by atoms with van der Waals surface area (Å²) in [4.78, 5) is 17.2. The van der Waals surface area contributed by atoms with E-state index in [4.69, 9.17) is 10.5 Å². The van der Waals surface area contributed by atoms with Crippen molar-refractivity contribution in [2.45, 2.75) is 12.1 Å². The Morgan fingerprint density at radius 1 is 1.06 bits per heavy atom. The highest BCUT2D eigenvalue weighted by Gasteiger charge is 2.36. The molecule has 3 heterocycles. The van der Waals surface area contributed by atoms with Gasteiger partial charge in [-0.05, 0) is 58.1 Å². The molecule has 0 spiro atoms. The Balaban J connectivity index is 1.77. The number of hydrogen-bond acceptors (Lipinski definition) is 5. The number of aryl methyl sites for hydroxylation is 2. The third-order valence-electron chi connectivity index (χ3n) is 7.11. The van der Waals surface area contributed by atoms with Gasteiger partial charge in [-0.3, -0.25) is 4.79 Å². The van der Waals surface area contributed by atoms with E-state index in [1.165, 1.54) is 0 Å². The largest absolute Gasteiger partial charge is 0.488 e. The van der Waals surface area contributed by atoms with Crippen LogP contribution >= 0.6 is 0 Å². The first-order valence-corrected chi connectivity index (χ1v) is 11.6. The fourth-order valence-electron chi connectivity index (χ4n) is 5.11. The monoisotopic (exact) mass is 473 g/mol. The van der Waals surface area contributed by atoms with Crippen molar-refractivity contribution in [3.8, 4) is 22.9 Å². The molecule has 0 fully saturated rings. The van der Waals surface area contributed by atoms with Gasteiger partial charge < -0.3 is 19.6 Å². The molecule has 1 atom stereocenters. The lowest BCUT2D eigenvalue weighted by Crippen LogP contribution is -2.41. The van der Waals surface area contributed by atoms with Gasteiger partial charge in [-0.1, -0.05) is 30.3 Å². The average molecular weight is 474 g/mol. The van der Waals surface area contributed by atoms with E-state index in [1.54, 1.807) is 36.3 Å². The van der Waals surface area contributed by atoms with Crippen LogP contribution in [0.1, 0.15) is 27.9 Å². The molecule has 0 aliphatic carbocycles. The predicted octanol–water partition coefficient (Wildman–Crippen LogP) is 3.95. The number of pyridine rings is 1. The summed E-state index contributed by atoms with van der Waals surface area (Å²) in [7, 11) is 3.68. The molecule has 176 valence electrons. The van der Waals surface area contributed by atoms with Crippen LogP contribution in [-0.4, -0.2) is 14.1 Å². The molecule has 6 rings (SSSR count). The molecule has 2 N–H and O–H groups in total. The van der Waals surface area contributed by atoms with Gasteiger partial charge in [0.1, 0.15) is 24.0 Å². The summed E-state index contributed by atoms with van der Waals surface area (Å²) in [6.07, 6.45) is 3.47. The Morgan fingerprint density at radius 2 is 1.86 bits per heavy atom. The topological polar surface area (TPSA) is 98.9 Å². The van der Waals surface area contributed by atoms with Crippen molar-refractivity contribution in [1.29, 1.82) is 5.26 Å². The number of ether oxygens (including phenoxy) is 1. The predicted molar refractivity (Wildman–Crippen MR) is 137 cm³/mol. The quantitative estimate of drug-likeness (QED) is 0.397. The normalized spacial score (nSPS) is 16.5. The minimum atomic E-state index is -1.11. The van der Waals surface area contributed by atoms with Gasteiger partial charge in [0.15, 0.2) is 0 Å². The number of imidazole rings is 1. The second kappa shape index (κ2) is 7.94. The maximum atomic E-state index is 12.9. The molecule has 0 saturated carbocycles. The third-order valence-corrected chi connectivity index (χ3v) is 7.11. The molecule has 6 bridgehead atoms. The van der Waals surface area contributed by atoms with E-state index >= 15 is 0 Å². The fourth-order valence-corrected chi connectivity index (χ4v) is 5.11. The molecule has 0 unspecified atom stereocenters.